The molecule has 0 saturated carbocycles. The predicted octanol–water partition coefficient (Wildman–Crippen LogP) is 3.06. The van der Waals surface area contributed by atoms with E-state index in [1.54, 1.807) is 62.8 Å². The van der Waals surface area contributed by atoms with E-state index in [2.05, 4.69) is 0 Å². The predicted molar refractivity (Wildman–Crippen MR) is 119 cm³/mol. The van der Waals surface area contributed by atoms with Gasteiger partial charge in [0.05, 0.1) is 20.3 Å². The minimum absolute atomic E-state index is 0.0354. The lowest BCUT2D eigenvalue weighted by Gasteiger charge is -2.27. The Morgan fingerprint density at radius 1 is 1.03 bits per heavy atom. The van der Waals surface area contributed by atoms with E-state index in [9.17, 15) is 18.3 Å². The van der Waals surface area contributed by atoms with Crippen LogP contribution >= 0.6 is 0 Å². The van der Waals surface area contributed by atoms with Crippen molar-refractivity contribution in [1.82, 2.24) is 4.31 Å². The van der Waals surface area contributed by atoms with Crippen LogP contribution in [-0.4, -0.2) is 56.0 Å². The molecule has 2 aromatic carbocycles. The molecule has 9 heteroatoms. The highest BCUT2D eigenvalue weighted by atomic mass is 32.2. The molecule has 174 valence electrons. The number of carbonyl (C=O) groups is 1. The van der Waals surface area contributed by atoms with Crippen molar-refractivity contribution in [3.05, 3.63) is 59.7 Å². The Labute approximate surface area is 188 Å². The normalized spacial score (nSPS) is 17.3. The van der Waals surface area contributed by atoms with Gasteiger partial charge in [-0.1, -0.05) is 24.3 Å². The van der Waals surface area contributed by atoms with Gasteiger partial charge < -0.3 is 19.3 Å². The number of sulfonamides is 1. The lowest BCUT2D eigenvalue weighted by Crippen LogP contribution is -2.43. The van der Waals surface area contributed by atoms with Crippen LogP contribution in [-0.2, 0) is 32.6 Å². The molecule has 1 saturated heterocycles. The van der Waals surface area contributed by atoms with E-state index in [0.717, 1.165) is 17.5 Å². The Morgan fingerprint density at radius 3 is 1.91 bits per heavy atom. The highest BCUT2D eigenvalue weighted by Crippen LogP contribution is 2.26. The average Bonchev–Trinajstić information content (AvgIpc) is 3.31. The number of aliphatic carboxylic acids is 1. The lowest BCUT2D eigenvalue weighted by molar-refractivity contribution is -0.137. The highest BCUT2D eigenvalue weighted by Gasteiger charge is 2.40. The van der Waals surface area contributed by atoms with Crippen LogP contribution in [0, 0.1) is 0 Å². The number of rotatable bonds is 11. The van der Waals surface area contributed by atoms with Crippen molar-refractivity contribution in [3.8, 4) is 11.5 Å². The third-order valence-corrected chi connectivity index (χ3v) is 7.62. The van der Waals surface area contributed by atoms with Gasteiger partial charge in [0, 0.05) is 26.1 Å². The number of hydrogen-bond donors (Lipinski definition) is 1. The molecule has 0 aromatic heterocycles. The Kier molecular flexibility index (Phi) is 8.11. The average molecular weight is 464 g/mol. The van der Waals surface area contributed by atoms with Crippen molar-refractivity contribution in [2.75, 3.05) is 20.8 Å². The SMILES string of the molecule is COc1ccc(CN(Cc2ccc(OC)cc2)S(=O)(=O)C(CC2CCCO2)C(=O)O)cc1. The van der Waals surface area contributed by atoms with Crippen LogP contribution in [0.1, 0.15) is 30.4 Å². The van der Waals surface area contributed by atoms with Crippen molar-refractivity contribution in [1.29, 1.82) is 0 Å². The summed E-state index contributed by atoms with van der Waals surface area (Å²) in [5.41, 5.74) is 1.45. The fraction of sp³-hybridized carbons (Fsp3) is 0.435. The molecular formula is C23H29NO7S. The van der Waals surface area contributed by atoms with E-state index in [1.165, 1.54) is 4.31 Å². The van der Waals surface area contributed by atoms with Gasteiger partial charge in [0.2, 0.25) is 10.0 Å². The van der Waals surface area contributed by atoms with E-state index < -0.39 is 21.2 Å². The van der Waals surface area contributed by atoms with E-state index in [-0.39, 0.29) is 25.6 Å². The second-order valence-electron chi connectivity index (χ2n) is 7.71. The van der Waals surface area contributed by atoms with Crippen LogP contribution in [0.5, 0.6) is 11.5 Å². The number of nitrogens with zero attached hydrogens (tertiary/aromatic N) is 1. The van der Waals surface area contributed by atoms with Crippen LogP contribution in [0.3, 0.4) is 0 Å². The zero-order chi connectivity index (χ0) is 23.1. The quantitative estimate of drug-likeness (QED) is 0.546. The van der Waals surface area contributed by atoms with Crippen molar-refractivity contribution in [2.24, 2.45) is 0 Å². The molecule has 0 amide bonds. The minimum atomic E-state index is -4.19. The molecule has 0 spiro atoms. The second-order valence-corrected chi connectivity index (χ2v) is 9.82. The topological polar surface area (TPSA) is 102 Å². The molecule has 1 heterocycles. The summed E-state index contributed by atoms with van der Waals surface area (Å²) in [6, 6.07) is 14.1. The Bertz CT molecular complexity index is 935. The maximum Gasteiger partial charge on any atom is 0.323 e. The fourth-order valence-electron chi connectivity index (χ4n) is 3.70. The first-order valence-corrected chi connectivity index (χ1v) is 11.9. The first kappa shape index (κ1) is 24.0. The van der Waals surface area contributed by atoms with Crippen molar-refractivity contribution < 1.29 is 32.5 Å². The maximum atomic E-state index is 13.6. The molecule has 1 fully saturated rings. The van der Waals surface area contributed by atoms with E-state index >= 15 is 0 Å². The molecule has 1 aliphatic rings. The number of hydrogen-bond acceptors (Lipinski definition) is 6. The van der Waals surface area contributed by atoms with Crippen LogP contribution in [0.25, 0.3) is 0 Å². The van der Waals surface area contributed by atoms with Crippen LogP contribution in [0.4, 0.5) is 0 Å². The van der Waals surface area contributed by atoms with E-state index in [0.29, 0.717) is 24.5 Å². The molecule has 0 radical (unpaired) electrons. The summed E-state index contributed by atoms with van der Waals surface area (Å²) >= 11 is 0. The molecule has 1 aliphatic heterocycles. The van der Waals surface area contributed by atoms with Gasteiger partial charge in [-0.15, -0.1) is 0 Å². The van der Waals surface area contributed by atoms with Crippen LogP contribution in [0.2, 0.25) is 0 Å². The lowest BCUT2D eigenvalue weighted by atomic mass is 10.1. The number of ether oxygens (including phenoxy) is 3. The zero-order valence-corrected chi connectivity index (χ0v) is 19.1. The molecule has 0 bridgehead atoms. The van der Waals surface area contributed by atoms with Gasteiger partial charge in [-0.2, -0.15) is 4.31 Å². The first-order chi connectivity index (χ1) is 15.3. The summed E-state index contributed by atoms with van der Waals surface area (Å²) in [6.45, 7) is 0.597. The number of benzene rings is 2. The monoisotopic (exact) mass is 463 g/mol. The molecule has 2 atom stereocenters. The third kappa shape index (κ3) is 5.99. The summed E-state index contributed by atoms with van der Waals surface area (Å²) in [4.78, 5) is 12.0. The summed E-state index contributed by atoms with van der Waals surface area (Å²) in [5.74, 6) is -0.0600. The van der Waals surface area contributed by atoms with Crippen LogP contribution in [0.15, 0.2) is 48.5 Å². The van der Waals surface area contributed by atoms with Gasteiger partial charge in [-0.25, -0.2) is 8.42 Å². The second kappa shape index (κ2) is 10.8. The van der Waals surface area contributed by atoms with Gasteiger partial charge >= 0.3 is 5.97 Å². The largest absolute Gasteiger partial charge is 0.497 e. The Balaban J connectivity index is 1.90. The summed E-state index contributed by atoms with van der Waals surface area (Å²) in [5, 5.41) is 8.21. The van der Waals surface area contributed by atoms with Gasteiger partial charge in [0.1, 0.15) is 11.5 Å². The number of carboxylic acid groups (broad SMARTS) is 1. The Morgan fingerprint density at radius 2 is 1.53 bits per heavy atom. The van der Waals surface area contributed by atoms with Crippen LogP contribution < -0.4 is 9.47 Å². The summed E-state index contributed by atoms with van der Waals surface area (Å²) in [7, 11) is -1.08. The van der Waals surface area contributed by atoms with Crippen molar-refractivity contribution in [3.63, 3.8) is 0 Å². The molecule has 32 heavy (non-hydrogen) atoms. The van der Waals surface area contributed by atoms with Crippen molar-refractivity contribution >= 4 is 16.0 Å². The smallest absolute Gasteiger partial charge is 0.323 e. The Hall–Kier alpha value is -2.62. The molecule has 3 rings (SSSR count). The first-order valence-electron chi connectivity index (χ1n) is 10.4. The fourth-order valence-corrected chi connectivity index (χ4v) is 5.43. The summed E-state index contributed by atoms with van der Waals surface area (Å²) < 4.78 is 44.2. The minimum Gasteiger partial charge on any atom is -0.497 e. The number of methoxy groups -OCH3 is 2. The zero-order valence-electron chi connectivity index (χ0n) is 18.3. The maximum absolute atomic E-state index is 13.6. The third-order valence-electron chi connectivity index (χ3n) is 5.53. The molecular weight excluding hydrogens is 434 g/mol. The van der Waals surface area contributed by atoms with Gasteiger partial charge in [-0.05, 0) is 48.2 Å². The van der Waals surface area contributed by atoms with Gasteiger partial charge in [-0.3, -0.25) is 4.79 Å². The van der Waals surface area contributed by atoms with Gasteiger partial charge in [0.15, 0.2) is 5.25 Å². The molecule has 1 N–H and O–H groups in total. The summed E-state index contributed by atoms with van der Waals surface area (Å²) in [6.07, 6.45) is 1.03. The standard InChI is InChI=1S/C23H29NO7S/c1-29-19-9-5-17(6-10-19)15-24(16-18-7-11-20(30-2)12-8-18)32(27,28)22(23(25)26)14-21-4-3-13-31-21/h5-12,21-22H,3-4,13-16H2,1-2H3,(H,25,26). The molecule has 0 aliphatic carbocycles. The van der Waals surface area contributed by atoms with E-state index in [1.807, 2.05) is 0 Å². The van der Waals surface area contributed by atoms with Crippen molar-refractivity contribution in [2.45, 2.75) is 43.7 Å². The van der Waals surface area contributed by atoms with E-state index in [4.69, 9.17) is 14.2 Å². The molecule has 2 aromatic rings. The molecule has 2 unspecified atom stereocenters. The molecule has 8 nitrogen and oxygen atoms in total. The van der Waals surface area contributed by atoms with Gasteiger partial charge in [0.25, 0.3) is 0 Å². The highest BCUT2D eigenvalue weighted by molar-refractivity contribution is 7.90. The number of carboxylic acids is 1.